The Morgan fingerprint density at radius 1 is 1.20 bits per heavy atom. The smallest absolute Gasteiger partial charge is 0.467 e. The number of methoxy groups -OCH3 is 1. The van der Waals surface area contributed by atoms with E-state index >= 15 is 0 Å². The van der Waals surface area contributed by atoms with Crippen LogP contribution < -0.4 is 4.74 Å². The molecule has 2 rings (SSSR count). The van der Waals surface area contributed by atoms with Gasteiger partial charge in [0.1, 0.15) is 11.9 Å². The molecular weight excluding hydrogens is 268 g/mol. The maximum atomic E-state index is 10.7. The van der Waals surface area contributed by atoms with E-state index in [0.717, 1.165) is 16.4 Å². The van der Waals surface area contributed by atoms with Crippen LogP contribution in [0, 0.1) is 20.2 Å². The molecule has 0 radical (unpaired) electrons. The van der Waals surface area contributed by atoms with E-state index in [1.54, 1.807) is 24.3 Å². The highest BCUT2D eigenvalue weighted by molar-refractivity contribution is 5.44. The van der Waals surface area contributed by atoms with Gasteiger partial charge < -0.3 is 14.9 Å². The molecule has 0 N–H and O–H groups in total. The van der Waals surface area contributed by atoms with Crippen LogP contribution in [0.4, 0.5) is 11.5 Å². The predicted molar refractivity (Wildman–Crippen MR) is 67.6 cm³/mol. The lowest BCUT2D eigenvalue weighted by molar-refractivity contribution is -0.424. The lowest BCUT2D eigenvalue weighted by Gasteiger charge is -2.01. The van der Waals surface area contributed by atoms with Crippen molar-refractivity contribution in [1.82, 2.24) is 9.78 Å². The molecular formula is C11H10N4O5. The van der Waals surface area contributed by atoms with Crippen LogP contribution in [-0.2, 0) is 6.54 Å². The number of hydrogen-bond donors (Lipinski definition) is 0. The van der Waals surface area contributed by atoms with Gasteiger partial charge in [0.15, 0.2) is 0 Å². The second-order valence-electron chi connectivity index (χ2n) is 3.90. The van der Waals surface area contributed by atoms with Crippen LogP contribution in [0.1, 0.15) is 5.56 Å². The van der Waals surface area contributed by atoms with Gasteiger partial charge in [-0.25, -0.2) is 0 Å². The monoisotopic (exact) mass is 278 g/mol. The standard InChI is InChI=1S/C11H10N4O5/c1-20-9-4-2-8(3-5-9)6-13-7-10(14(16)17)11(12-13)15(18)19/h2-5,7H,6H2,1H3. The van der Waals surface area contributed by atoms with Gasteiger partial charge in [-0.1, -0.05) is 12.1 Å². The van der Waals surface area contributed by atoms with E-state index in [1.165, 1.54) is 7.11 Å². The summed E-state index contributed by atoms with van der Waals surface area (Å²) in [6, 6.07) is 6.94. The minimum Gasteiger partial charge on any atom is -0.497 e. The minimum atomic E-state index is -0.872. The molecule has 0 atom stereocenters. The summed E-state index contributed by atoms with van der Waals surface area (Å²) in [5, 5.41) is 25.0. The number of rotatable bonds is 5. The van der Waals surface area contributed by atoms with Gasteiger partial charge in [-0.3, -0.25) is 10.1 Å². The first-order valence-corrected chi connectivity index (χ1v) is 5.50. The van der Waals surface area contributed by atoms with E-state index in [-0.39, 0.29) is 6.54 Å². The number of nitro groups is 2. The molecule has 0 fully saturated rings. The van der Waals surface area contributed by atoms with Crippen LogP contribution in [0.5, 0.6) is 5.75 Å². The third-order valence-electron chi connectivity index (χ3n) is 2.60. The van der Waals surface area contributed by atoms with Crippen molar-refractivity contribution >= 4 is 11.5 Å². The fraction of sp³-hybridized carbons (Fsp3) is 0.182. The van der Waals surface area contributed by atoms with Gasteiger partial charge in [0.2, 0.25) is 0 Å². The normalized spacial score (nSPS) is 10.2. The molecule has 20 heavy (non-hydrogen) atoms. The third-order valence-corrected chi connectivity index (χ3v) is 2.60. The van der Waals surface area contributed by atoms with E-state index in [0.29, 0.717) is 5.75 Å². The SMILES string of the molecule is COc1ccc(Cn2cc([N+](=O)[O-])c([N+](=O)[O-])n2)cc1. The number of aromatic nitrogens is 2. The van der Waals surface area contributed by atoms with Crippen molar-refractivity contribution in [3.05, 3.63) is 56.3 Å². The van der Waals surface area contributed by atoms with Crippen molar-refractivity contribution in [2.45, 2.75) is 6.54 Å². The fourth-order valence-electron chi connectivity index (χ4n) is 1.66. The number of hydrogen-bond acceptors (Lipinski definition) is 6. The fourth-order valence-corrected chi connectivity index (χ4v) is 1.66. The molecule has 0 unspecified atom stereocenters. The Bertz CT molecular complexity index is 618. The van der Waals surface area contributed by atoms with Crippen molar-refractivity contribution in [3.8, 4) is 5.75 Å². The largest absolute Gasteiger partial charge is 0.497 e. The summed E-state index contributed by atoms with van der Waals surface area (Å²) in [7, 11) is 1.54. The molecule has 0 saturated heterocycles. The van der Waals surface area contributed by atoms with Gasteiger partial charge in [0.25, 0.3) is 0 Å². The highest BCUT2D eigenvalue weighted by Gasteiger charge is 2.30. The highest BCUT2D eigenvalue weighted by Crippen LogP contribution is 2.24. The first-order chi connectivity index (χ1) is 9.51. The van der Waals surface area contributed by atoms with Gasteiger partial charge in [0.05, 0.1) is 23.7 Å². The van der Waals surface area contributed by atoms with Crippen molar-refractivity contribution < 1.29 is 14.6 Å². The van der Waals surface area contributed by atoms with Crippen LogP contribution in [0.15, 0.2) is 30.5 Å². The van der Waals surface area contributed by atoms with Crippen LogP contribution in [-0.4, -0.2) is 26.7 Å². The van der Waals surface area contributed by atoms with Crippen LogP contribution in [0.3, 0.4) is 0 Å². The molecule has 104 valence electrons. The topological polar surface area (TPSA) is 113 Å². The Balaban J connectivity index is 2.26. The van der Waals surface area contributed by atoms with Crippen molar-refractivity contribution in [3.63, 3.8) is 0 Å². The summed E-state index contributed by atoms with van der Waals surface area (Å²) in [5.41, 5.74) is 0.168. The lowest BCUT2D eigenvalue weighted by atomic mass is 10.2. The summed E-state index contributed by atoms with van der Waals surface area (Å²) in [6.07, 6.45) is 1.04. The number of nitrogens with zero attached hydrogens (tertiary/aromatic N) is 4. The third kappa shape index (κ3) is 2.71. The molecule has 0 bridgehead atoms. The quantitative estimate of drug-likeness (QED) is 0.608. The zero-order chi connectivity index (χ0) is 14.7. The molecule has 0 aliphatic carbocycles. The molecule has 9 nitrogen and oxygen atoms in total. The van der Waals surface area contributed by atoms with Gasteiger partial charge in [-0.15, -0.1) is 0 Å². The summed E-state index contributed by atoms with van der Waals surface area (Å²) in [6.45, 7) is 0.193. The molecule has 1 heterocycles. The first kappa shape index (κ1) is 13.5. The van der Waals surface area contributed by atoms with Crippen molar-refractivity contribution in [2.75, 3.05) is 7.11 Å². The van der Waals surface area contributed by atoms with Crippen molar-refractivity contribution in [2.24, 2.45) is 0 Å². The van der Waals surface area contributed by atoms with Crippen LogP contribution in [0.25, 0.3) is 0 Å². The molecule has 0 amide bonds. The van der Waals surface area contributed by atoms with Gasteiger partial charge in [-0.05, 0) is 22.6 Å². The second-order valence-corrected chi connectivity index (χ2v) is 3.90. The van der Waals surface area contributed by atoms with Gasteiger partial charge in [0, 0.05) is 0 Å². The molecule has 0 spiro atoms. The average molecular weight is 278 g/mol. The zero-order valence-electron chi connectivity index (χ0n) is 10.4. The minimum absolute atomic E-state index is 0.193. The number of benzene rings is 1. The summed E-state index contributed by atoms with van der Waals surface area (Å²) < 4.78 is 6.17. The number of ether oxygens (including phenoxy) is 1. The molecule has 0 aliphatic heterocycles. The maximum absolute atomic E-state index is 10.7. The van der Waals surface area contributed by atoms with E-state index in [2.05, 4.69) is 5.10 Å². The summed E-state index contributed by atoms with van der Waals surface area (Å²) in [4.78, 5) is 19.7. The maximum Gasteiger partial charge on any atom is 0.467 e. The summed E-state index contributed by atoms with van der Waals surface area (Å²) >= 11 is 0. The molecule has 0 aliphatic rings. The highest BCUT2D eigenvalue weighted by atomic mass is 16.6. The lowest BCUT2D eigenvalue weighted by Crippen LogP contribution is -2.01. The average Bonchev–Trinajstić information content (AvgIpc) is 2.84. The summed E-state index contributed by atoms with van der Waals surface area (Å²) in [5.74, 6) is -0.0883. The Labute approximate surface area is 112 Å². The molecule has 9 heteroatoms. The van der Waals surface area contributed by atoms with E-state index in [1.807, 2.05) is 0 Å². The van der Waals surface area contributed by atoms with Gasteiger partial charge in [-0.2, -0.15) is 4.68 Å². The predicted octanol–water partition coefficient (Wildman–Crippen LogP) is 1.76. The van der Waals surface area contributed by atoms with Crippen LogP contribution >= 0.6 is 0 Å². The molecule has 2 aromatic rings. The van der Waals surface area contributed by atoms with Gasteiger partial charge >= 0.3 is 11.5 Å². The van der Waals surface area contributed by atoms with E-state index in [9.17, 15) is 20.2 Å². The Morgan fingerprint density at radius 2 is 1.85 bits per heavy atom. The Hall–Kier alpha value is -2.97. The van der Waals surface area contributed by atoms with Crippen molar-refractivity contribution in [1.29, 1.82) is 0 Å². The molecule has 0 saturated carbocycles. The van der Waals surface area contributed by atoms with Crippen LogP contribution in [0.2, 0.25) is 0 Å². The first-order valence-electron chi connectivity index (χ1n) is 5.50. The molecule has 1 aromatic heterocycles. The van der Waals surface area contributed by atoms with E-state index in [4.69, 9.17) is 4.74 Å². The Kier molecular flexibility index (Phi) is 3.60. The second kappa shape index (κ2) is 5.34. The zero-order valence-corrected chi connectivity index (χ0v) is 10.4. The van der Waals surface area contributed by atoms with E-state index < -0.39 is 21.4 Å². The molecule has 1 aromatic carbocycles. The Morgan fingerprint density at radius 3 is 2.30 bits per heavy atom.